The number of hydrogen-bond donors (Lipinski definition) is 1. The van der Waals surface area contributed by atoms with Crippen LogP contribution in [0.5, 0.6) is 0 Å². The molecule has 1 heterocycles. The summed E-state index contributed by atoms with van der Waals surface area (Å²) in [6.07, 6.45) is 5.11. The topological polar surface area (TPSA) is 51.1 Å². The first kappa shape index (κ1) is 12.9. The van der Waals surface area contributed by atoms with E-state index >= 15 is 0 Å². The van der Waals surface area contributed by atoms with Crippen LogP contribution >= 0.6 is 0 Å². The van der Waals surface area contributed by atoms with Gasteiger partial charge in [-0.3, -0.25) is 9.59 Å². The third-order valence-electron chi connectivity index (χ3n) is 2.92. The smallest absolute Gasteiger partial charge is 0.268 e. The molecule has 0 saturated heterocycles. The van der Waals surface area contributed by atoms with E-state index in [0.717, 1.165) is 5.39 Å². The maximum atomic E-state index is 12.3. The van der Waals surface area contributed by atoms with Crippen molar-refractivity contribution in [3.63, 3.8) is 0 Å². The Bertz CT molecular complexity index is 723. The molecule has 1 amide bonds. The fourth-order valence-electron chi connectivity index (χ4n) is 2.02. The van der Waals surface area contributed by atoms with Crippen LogP contribution in [-0.2, 0) is 6.54 Å². The second-order valence-electron chi connectivity index (χ2n) is 4.05. The predicted octanol–water partition coefficient (Wildman–Crippen LogP) is 1.38. The lowest BCUT2D eigenvalue weighted by molar-refractivity contribution is 0.0948. The normalized spacial score (nSPS) is 10.1. The van der Waals surface area contributed by atoms with Crippen LogP contribution in [-0.4, -0.2) is 17.0 Å². The van der Waals surface area contributed by atoms with Crippen molar-refractivity contribution in [2.75, 3.05) is 6.54 Å². The van der Waals surface area contributed by atoms with Crippen LogP contribution in [0.15, 0.2) is 35.1 Å². The van der Waals surface area contributed by atoms with Gasteiger partial charge in [0.25, 0.3) is 11.5 Å². The van der Waals surface area contributed by atoms with E-state index in [9.17, 15) is 9.59 Å². The lowest BCUT2D eigenvalue weighted by Crippen LogP contribution is -2.32. The van der Waals surface area contributed by atoms with Crippen LogP contribution in [0.4, 0.5) is 0 Å². The number of nitrogens with zero attached hydrogens (tertiary/aromatic N) is 1. The number of terminal acetylenes is 1. The van der Waals surface area contributed by atoms with Crippen molar-refractivity contribution in [1.82, 2.24) is 9.88 Å². The molecule has 96 valence electrons. The molecule has 1 aromatic heterocycles. The molecule has 0 spiro atoms. The van der Waals surface area contributed by atoms with Gasteiger partial charge in [0.05, 0.1) is 6.54 Å². The van der Waals surface area contributed by atoms with E-state index in [0.29, 0.717) is 17.6 Å². The van der Waals surface area contributed by atoms with E-state index in [1.807, 2.05) is 25.1 Å². The van der Waals surface area contributed by atoms with Crippen molar-refractivity contribution < 1.29 is 4.79 Å². The summed E-state index contributed by atoms with van der Waals surface area (Å²) in [5.74, 6) is 2.01. The minimum absolute atomic E-state index is 0.142. The number of hydrogen-bond acceptors (Lipinski definition) is 2. The molecule has 2 aromatic rings. The van der Waals surface area contributed by atoms with Gasteiger partial charge in [0.1, 0.15) is 5.69 Å². The summed E-state index contributed by atoms with van der Waals surface area (Å²) in [6.45, 7) is 2.40. The van der Waals surface area contributed by atoms with E-state index in [1.54, 1.807) is 12.1 Å². The Labute approximate surface area is 111 Å². The molecule has 0 saturated carbocycles. The van der Waals surface area contributed by atoms with Crippen molar-refractivity contribution in [3.8, 4) is 12.3 Å². The monoisotopic (exact) mass is 254 g/mol. The van der Waals surface area contributed by atoms with Crippen LogP contribution in [0.3, 0.4) is 0 Å². The van der Waals surface area contributed by atoms with Gasteiger partial charge in [0.2, 0.25) is 0 Å². The van der Waals surface area contributed by atoms with Gasteiger partial charge in [-0.25, -0.2) is 0 Å². The molecular weight excluding hydrogens is 240 g/mol. The molecular formula is C15H14N2O2. The summed E-state index contributed by atoms with van der Waals surface area (Å²) in [7, 11) is 0. The molecule has 0 radical (unpaired) electrons. The third-order valence-corrected chi connectivity index (χ3v) is 2.92. The van der Waals surface area contributed by atoms with Gasteiger partial charge in [-0.1, -0.05) is 24.1 Å². The van der Waals surface area contributed by atoms with Crippen molar-refractivity contribution in [1.29, 1.82) is 0 Å². The number of fused-ring (bicyclic) bond motifs is 1. The molecule has 1 aromatic carbocycles. The van der Waals surface area contributed by atoms with Gasteiger partial charge in [-0.15, -0.1) is 6.42 Å². The van der Waals surface area contributed by atoms with Gasteiger partial charge in [0, 0.05) is 11.9 Å². The fraction of sp³-hybridized carbons (Fsp3) is 0.200. The lowest BCUT2D eigenvalue weighted by atomic mass is 10.1. The zero-order valence-electron chi connectivity index (χ0n) is 10.6. The maximum absolute atomic E-state index is 12.3. The Morgan fingerprint density at radius 1 is 1.42 bits per heavy atom. The Morgan fingerprint density at radius 2 is 2.16 bits per heavy atom. The van der Waals surface area contributed by atoms with Gasteiger partial charge < -0.3 is 9.88 Å². The third kappa shape index (κ3) is 2.36. The number of carbonyl (C=O) groups excluding carboxylic acids is 1. The highest BCUT2D eigenvalue weighted by Crippen LogP contribution is 2.12. The molecule has 0 bridgehead atoms. The summed E-state index contributed by atoms with van der Waals surface area (Å²) in [4.78, 5) is 24.3. The molecule has 4 nitrogen and oxygen atoms in total. The summed E-state index contributed by atoms with van der Waals surface area (Å²) >= 11 is 0. The van der Waals surface area contributed by atoms with Crippen LogP contribution in [0, 0.1) is 12.3 Å². The summed E-state index contributed by atoms with van der Waals surface area (Å²) < 4.78 is 1.45. The van der Waals surface area contributed by atoms with Crippen LogP contribution in [0.25, 0.3) is 10.8 Å². The minimum Gasteiger partial charge on any atom is -0.340 e. The second kappa shape index (κ2) is 5.40. The van der Waals surface area contributed by atoms with E-state index in [2.05, 4.69) is 11.2 Å². The van der Waals surface area contributed by atoms with E-state index < -0.39 is 0 Å². The van der Waals surface area contributed by atoms with Crippen LogP contribution < -0.4 is 10.9 Å². The first-order valence-corrected chi connectivity index (χ1v) is 6.03. The van der Waals surface area contributed by atoms with E-state index in [4.69, 9.17) is 6.42 Å². The SMILES string of the molecule is C#CCNC(=O)c1cc2ccccc2c(=O)n1CC. The minimum atomic E-state index is -0.331. The number of benzene rings is 1. The maximum Gasteiger partial charge on any atom is 0.268 e. The zero-order chi connectivity index (χ0) is 13.8. The molecule has 0 aliphatic carbocycles. The second-order valence-corrected chi connectivity index (χ2v) is 4.05. The van der Waals surface area contributed by atoms with Crippen LogP contribution in [0.1, 0.15) is 17.4 Å². The molecule has 4 heteroatoms. The summed E-state index contributed by atoms with van der Waals surface area (Å²) in [5.41, 5.74) is 0.174. The molecule has 2 rings (SSSR count). The van der Waals surface area contributed by atoms with Gasteiger partial charge in [0.15, 0.2) is 0 Å². The Hall–Kier alpha value is -2.54. The Balaban J connectivity index is 2.64. The van der Waals surface area contributed by atoms with Crippen molar-refractivity contribution >= 4 is 16.7 Å². The predicted molar refractivity (Wildman–Crippen MR) is 75.0 cm³/mol. The number of pyridine rings is 1. The molecule has 0 atom stereocenters. The number of rotatable bonds is 3. The molecule has 0 unspecified atom stereocenters. The number of carbonyl (C=O) groups is 1. The van der Waals surface area contributed by atoms with Gasteiger partial charge in [-0.05, 0) is 24.4 Å². The summed E-state index contributed by atoms with van der Waals surface area (Å²) in [5, 5.41) is 3.94. The molecule has 0 fully saturated rings. The Kier molecular flexibility index (Phi) is 3.67. The first-order chi connectivity index (χ1) is 9.19. The van der Waals surface area contributed by atoms with Crippen LogP contribution in [0.2, 0.25) is 0 Å². The Morgan fingerprint density at radius 3 is 2.84 bits per heavy atom. The van der Waals surface area contributed by atoms with E-state index in [1.165, 1.54) is 4.57 Å². The zero-order valence-corrected chi connectivity index (χ0v) is 10.6. The van der Waals surface area contributed by atoms with Crippen molar-refractivity contribution in [2.45, 2.75) is 13.5 Å². The van der Waals surface area contributed by atoms with Gasteiger partial charge >= 0.3 is 0 Å². The summed E-state index contributed by atoms with van der Waals surface area (Å²) in [6, 6.07) is 8.93. The van der Waals surface area contributed by atoms with E-state index in [-0.39, 0.29) is 18.0 Å². The molecule has 0 aliphatic rings. The van der Waals surface area contributed by atoms with Gasteiger partial charge in [-0.2, -0.15) is 0 Å². The highest BCUT2D eigenvalue weighted by molar-refractivity contribution is 5.96. The average molecular weight is 254 g/mol. The standard InChI is InChI=1S/C15H14N2O2/c1-3-9-16-14(18)13-10-11-7-5-6-8-12(11)15(19)17(13)4-2/h1,5-8,10H,4,9H2,2H3,(H,16,18). The van der Waals surface area contributed by atoms with Crippen molar-refractivity contribution in [2.24, 2.45) is 0 Å². The molecule has 19 heavy (non-hydrogen) atoms. The number of amides is 1. The molecule has 1 N–H and O–H groups in total. The number of aromatic nitrogens is 1. The molecule has 0 aliphatic heterocycles. The van der Waals surface area contributed by atoms with Crippen molar-refractivity contribution in [3.05, 3.63) is 46.4 Å². The first-order valence-electron chi connectivity index (χ1n) is 6.03. The quantitative estimate of drug-likeness (QED) is 0.841. The number of nitrogens with one attached hydrogen (secondary N) is 1. The highest BCUT2D eigenvalue weighted by Gasteiger charge is 2.13. The lowest BCUT2D eigenvalue weighted by Gasteiger charge is -2.11. The fourth-order valence-corrected chi connectivity index (χ4v) is 2.02. The largest absolute Gasteiger partial charge is 0.340 e. The highest BCUT2D eigenvalue weighted by atomic mass is 16.2. The average Bonchev–Trinajstić information content (AvgIpc) is 2.44.